The second-order valence-electron chi connectivity index (χ2n) is 4.05. The fourth-order valence-corrected chi connectivity index (χ4v) is 1.89. The lowest BCUT2D eigenvalue weighted by Crippen LogP contribution is -2.09. The van der Waals surface area contributed by atoms with E-state index in [9.17, 15) is 4.79 Å². The Kier molecular flexibility index (Phi) is 2.34. The summed E-state index contributed by atoms with van der Waals surface area (Å²) in [6.45, 7) is 0. The summed E-state index contributed by atoms with van der Waals surface area (Å²) in [5.41, 5.74) is 8.45. The first-order valence-corrected chi connectivity index (χ1v) is 5.59. The molecule has 0 atom stereocenters. The van der Waals surface area contributed by atoms with Crippen LogP contribution < -0.4 is 5.73 Å². The molecule has 2 heterocycles. The van der Waals surface area contributed by atoms with E-state index in [0.29, 0.717) is 5.56 Å². The minimum atomic E-state index is -0.443. The number of carbonyl (C=O) groups excluding carboxylic acids is 1. The molecule has 1 amide bonds. The summed E-state index contributed by atoms with van der Waals surface area (Å²) in [6.07, 6.45) is 1.64. The predicted octanol–water partition coefficient (Wildman–Crippen LogP) is 2.10. The summed E-state index contributed by atoms with van der Waals surface area (Å²) >= 11 is 0. The Balaban J connectivity index is 2.14. The third-order valence-electron chi connectivity index (χ3n) is 2.81. The van der Waals surface area contributed by atoms with Crippen molar-refractivity contribution in [2.45, 2.75) is 0 Å². The van der Waals surface area contributed by atoms with Crippen molar-refractivity contribution in [2.24, 2.45) is 5.73 Å². The minimum absolute atomic E-state index is 0.443. The molecule has 2 N–H and O–H groups in total. The lowest BCUT2D eigenvalue weighted by Gasteiger charge is -2.01. The van der Waals surface area contributed by atoms with E-state index in [1.165, 1.54) is 0 Å². The number of carbonyl (C=O) groups is 1. The smallest absolute Gasteiger partial charge is 0.250 e. The topological polar surface area (TPSA) is 60.4 Å². The standard InChI is InChI=1S/C14H11N3O/c15-14(18)11-8-12-6-7-13(16-17(12)9-11)10-4-2-1-3-5-10/h1-9H,(H2,15,18). The monoisotopic (exact) mass is 237 g/mol. The summed E-state index contributed by atoms with van der Waals surface area (Å²) in [7, 11) is 0. The Bertz CT molecular complexity index is 716. The Morgan fingerprint density at radius 1 is 1.11 bits per heavy atom. The molecule has 0 saturated carbocycles. The normalized spacial score (nSPS) is 10.7. The van der Waals surface area contributed by atoms with Crippen LogP contribution in [0, 0.1) is 0 Å². The number of primary amides is 1. The van der Waals surface area contributed by atoms with E-state index in [1.807, 2.05) is 42.5 Å². The highest BCUT2D eigenvalue weighted by atomic mass is 16.1. The molecule has 88 valence electrons. The summed E-state index contributed by atoms with van der Waals surface area (Å²) in [5, 5.41) is 4.46. The molecule has 3 aromatic rings. The van der Waals surface area contributed by atoms with Gasteiger partial charge in [-0.2, -0.15) is 5.10 Å². The number of nitrogens with zero attached hydrogens (tertiary/aromatic N) is 2. The average molecular weight is 237 g/mol. The van der Waals surface area contributed by atoms with Gasteiger partial charge in [-0.15, -0.1) is 0 Å². The third kappa shape index (κ3) is 1.73. The first-order valence-electron chi connectivity index (χ1n) is 5.59. The van der Waals surface area contributed by atoms with Gasteiger partial charge in [0.2, 0.25) is 5.91 Å². The molecule has 0 spiro atoms. The van der Waals surface area contributed by atoms with Crippen LogP contribution in [0.15, 0.2) is 54.7 Å². The van der Waals surface area contributed by atoms with E-state index in [4.69, 9.17) is 5.73 Å². The molecule has 0 bridgehead atoms. The molecule has 0 unspecified atom stereocenters. The molecule has 0 saturated heterocycles. The van der Waals surface area contributed by atoms with Gasteiger partial charge in [-0.25, -0.2) is 4.52 Å². The number of amides is 1. The number of aromatic nitrogens is 2. The van der Waals surface area contributed by atoms with E-state index in [0.717, 1.165) is 16.8 Å². The van der Waals surface area contributed by atoms with Gasteiger partial charge < -0.3 is 5.73 Å². The lowest BCUT2D eigenvalue weighted by molar-refractivity contribution is 0.100. The molecule has 1 aromatic carbocycles. The molecule has 0 aliphatic rings. The van der Waals surface area contributed by atoms with Crippen molar-refractivity contribution in [3.8, 4) is 11.3 Å². The van der Waals surface area contributed by atoms with Gasteiger partial charge in [-0.3, -0.25) is 4.79 Å². The maximum atomic E-state index is 11.1. The number of hydrogen-bond acceptors (Lipinski definition) is 2. The van der Waals surface area contributed by atoms with Crippen molar-refractivity contribution in [1.82, 2.24) is 9.61 Å². The predicted molar refractivity (Wildman–Crippen MR) is 69.1 cm³/mol. The Hall–Kier alpha value is -2.62. The van der Waals surface area contributed by atoms with E-state index < -0.39 is 5.91 Å². The zero-order valence-electron chi connectivity index (χ0n) is 9.58. The number of fused-ring (bicyclic) bond motifs is 1. The van der Waals surface area contributed by atoms with Crippen molar-refractivity contribution in [1.29, 1.82) is 0 Å². The molecule has 0 aliphatic heterocycles. The lowest BCUT2D eigenvalue weighted by atomic mass is 10.1. The van der Waals surface area contributed by atoms with Gasteiger partial charge in [-0.1, -0.05) is 30.3 Å². The first-order chi connectivity index (χ1) is 8.74. The molecular weight excluding hydrogens is 226 g/mol. The van der Waals surface area contributed by atoms with Crippen LogP contribution in [0.3, 0.4) is 0 Å². The summed E-state index contributed by atoms with van der Waals surface area (Å²) in [6, 6.07) is 15.4. The zero-order valence-corrected chi connectivity index (χ0v) is 9.58. The van der Waals surface area contributed by atoms with Crippen molar-refractivity contribution in [2.75, 3.05) is 0 Å². The van der Waals surface area contributed by atoms with Crippen molar-refractivity contribution in [3.05, 3.63) is 60.3 Å². The van der Waals surface area contributed by atoms with Crippen LogP contribution >= 0.6 is 0 Å². The fourth-order valence-electron chi connectivity index (χ4n) is 1.89. The summed E-state index contributed by atoms with van der Waals surface area (Å²) in [4.78, 5) is 11.1. The highest BCUT2D eigenvalue weighted by molar-refractivity contribution is 5.94. The molecule has 0 aliphatic carbocycles. The summed E-state index contributed by atoms with van der Waals surface area (Å²) < 4.78 is 1.67. The molecular formula is C14H11N3O. The molecule has 0 fully saturated rings. The van der Waals surface area contributed by atoms with Gasteiger partial charge in [0.05, 0.1) is 16.8 Å². The van der Waals surface area contributed by atoms with Crippen LogP contribution in [0.4, 0.5) is 0 Å². The van der Waals surface area contributed by atoms with Gasteiger partial charge in [-0.05, 0) is 18.2 Å². The van der Waals surface area contributed by atoms with E-state index in [-0.39, 0.29) is 0 Å². The quantitative estimate of drug-likeness (QED) is 0.742. The van der Waals surface area contributed by atoms with Gasteiger partial charge >= 0.3 is 0 Å². The van der Waals surface area contributed by atoms with Crippen molar-refractivity contribution in [3.63, 3.8) is 0 Å². The molecule has 18 heavy (non-hydrogen) atoms. The Morgan fingerprint density at radius 3 is 2.61 bits per heavy atom. The van der Waals surface area contributed by atoms with Crippen LogP contribution in [0.25, 0.3) is 16.8 Å². The number of nitrogens with two attached hydrogens (primary N) is 1. The van der Waals surface area contributed by atoms with Crippen LogP contribution in [0.1, 0.15) is 10.4 Å². The van der Waals surface area contributed by atoms with E-state index in [1.54, 1.807) is 16.8 Å². The summed E-state index contributed by atoms with van der Waals surface area (Å²) in [5.74, 6) is -0.443. The Labute approximate surface area is 104 Å². The number of hydrogen-bond donors (Lipinski definition) is 1. The largest absolute Gasteiger partial charge is 0.366 e. The number of rotatable bonds is 2. The second kappa shape index (κ2) is 4.00. The first kappa shape index (κ1) is 10.5. The Morgan fingerprint density at radius 2 is 1.89 bits per heavy atom. The van der Waals surface area contributed by atoms with E-state index in [2.05, 4.69) is 5.10 Å². The molecule has 2 aromatic heterocycles. The number of benzene rings is 1. The van der Waals surface area contributed by atoms with Crippen LogP contribution in [0.5, 0.6) is 0 Å². The van der Waals surface area contributed by atoms with E-state index >= 15 is 0 Å². The molecule has 4 nitrogen and oxygen atoms in total. The molecule has 4 heteroatoms. The maximum Gasteiger partial charge on any atom is 0.250 e. The second-order valence-corrected chi connectivity index (χ2v) is 4.05. The van der Waals surface area contributed by atoms with Gasteiger partial charge in [0.15, 0.2) is 0 Å². The molecule has 3 rings (SSSR count). The maximum absolute atomic E-state index is 11.1. The van der Waals surface area contributed by atoms with Crippen LogP contribution in [-0.4, -0.2) is 15.5 Å². The third-order valence-corrected chi connectivity index (χ3v) is 2.81. The van der Waals surface area contributed by atoms with Gasteiger partial charge in [0, 0.05) is 11.8 Å². The van der Waals surface area contributed by atoms with Gasteiger partial charge in [0.1, 0.15) is 0 Å². The highest BCUT2D eigenvalue weighted by Crippen LogP contribution is 2.17. The average Bonchev–Trinajstić information content (AvgIpc) is 2.82. The van der Waals surface area contributed by atoms with Crippen molar-refractivity contribution >= 4 is 11.4 Å². The van der Waals surface area contributed by atoms with Gasteiger partial charge in [0.25, 0.3) is 0 Å². The highest BCUT2D eigenvalue weighted by Gasteiger charge is 2.06. The SMILES string of the molecule is NC(=O)c1cc2ccc(-c3ccccc3)nn2c1. The van der Waals surface area contributed by atoms with Crippen LogP contribution in [0.2, 0.25) is 0 Å². The minimum Gasteiger partial charge on any atom is -0.366 e. The molecule has 0 radical (unpaired) electrons. The zero-order chi connectivity index (χ0) is 12.5. The fraction of sp³-hybridized carbons (Fsp3) is 0. The van der Waals surface area contributed by atoms with Crippen molar-refractivity contribution < 1.29 is 4.79 Å². The van der Waals surface area contributed by atoms with Crippen LogP contribution in [-0.2, 0) is 0 Å².